The first-order chi connectivity index (χ1) is 22.4. The molecule has 1 amide bonds. The van der Waals surface area contributed by atoms with Crippen LogP contribution in [-0.4, -0.2) is 62.0 Å². The fourth-order valence-electron chi connectivity index (χ4n) is 5.10. The van der Waals surface area contributed by atoms with E-state index in [-0.39, 0.29) is 31.6 Å². The molecule has 3 N–H and O–H groups in total. The molecule has 2 atom stereocenters. The first-order valence-corrected chi connectivity index (χ1v) is 15.4. The summed E-state index contributed by atoms with van der Waals surface area (Å²) in [6.07, 6.45) is 0.657. The Morgan fingerprint density at radius 2 is 1.85 bits per heavy atom. The van der Waals surface area contributed by atoms with E-state index in [1.54, 1.807) is 19.2 Å². The predicted octanol–water partition coefficient (Wildman–Crippen LogP) is 5.20. The summed E-state index contributed by atoms with van der Waals surface area (Å²) in [6, 6.07) is 22.2. The lowest BCUT2D eigenvalue weighted by atomic mass is 9.81. The lowest BCUT2D eigenvalue weighted by Crippen LogP contribution is -2.54. The van der Waals surface area contributed by atoms with E-state index in [2.05, 4.69) is 20.9 Å². The molecule has 3 aromatic carbocycles. The Bertz CT molecular complexity index is 1510. The maximum Gasteiger partial charge on any atom is 0.266 e. The molecule has 0 bridgehead atoms. The van der Waals surface area contributed by atoms with Gasteiger partial charge in [0, 0.05) is 43.1 Å². The van der Waals surface area contributed by atoms with Crippen LogP contribution in [0.4, 0.5) is 0 Å². The second-order valence-corrected chi connectivity index (χ2v) is 11.1. The van der Waals surface area contributed by atoms with Crippen molar-refractivity contribution in [2.24, 2.45) is 10.1 Å². The molecule has 0 fully saturated rings. The Kier molecular flexibility index (Phi) is 12.8. The zero-order valence-corrected chi connectivity index (χ0v) is 26.5. The molecule has 0 saturated carbocycles. The van der Waals surface area contributed by atoms with E-state index in [0.29, 0.717) is 61.1 Å². The number of hydrogen-bond donors (Lipinski definition) is 3. The van der Waals surface area contributed by atoms with Gasteiger partial charge in [-0.2, -0.15) is 0 Å². The number of carbonyl (C=O) groups excluding carboxylic acids is 1. The summed E-state index contributed by atoms with van der Waals surface area (Å²) in [6.45, 7) is 5.55. The van der Waals surface area contributed by atoms with Crippen LogP contribution in [-0.2, 0) is 27.2 Å². The molecule has 1 heterocycles. The monoisotopic (exact) mass is 630 g/mol. The van der Waals surface area contributed by atoms with Crippen LogP contribution in [0.15, 0.2) is 82.9 Å². The van der Waals surface area contributed by atoms with E-state index < -0.39 is 11.6 Å². The van der Waals surface area contributed by atoms with Crippen molar-refractivity contribution in [1.82, 2.24) is 10.9 Å². The molecule has 0 radical (unpaired) electrons. The first-order valence-electron chi connectivity index (χ1n) is 15.4. The van der Waals surface area contributed by atoms with Gasteiger partial charge in [-0.05, 0) is 78.9 Å². The van der Waals surface area contributed by atoms with E-state index in [0.717, 1.165) is 11.1 Å². The zero-order valence-electron chi connectivity index (χ0n) is 26.5. The van der Waals surface area contributed by atoms with Crippen LogP contribution in [0.3, 0.4) is 0 Å². The Hall–Kier alpha value is -4.61. The molecule has 244 valence electrons. The predicted molar refractivity (Wildman–Crippen MR) is 175 cm³/mol. The van der Waals surface area contributed by atoms with E-state index in [1.165, 1.54) is 0 Å². The number of carbonyl (C=O) groups is 1. The molecule has 0 spiro atoms. The number of benzene rings is 3. The standard InChI is InChI=1S/C34H42N6O6/c1-24(2)44-19-7-17-36-39-33(42)34(22-27-9-4-5-10-28(27)23-37-40-35)31(26-11-6-12-30(21-26)43-3)46-32(38-34)25-13-15-29(16-14-25)45-20-8-18-41/h4-6,9-16,21,24,31,36,41H,7-8,17-20,22-23H2,1-3H3,(H,39,42)/t31-,34-/m0/s1. The summed E-state index contributed by atoms with van der Waals surface area (Å²) < 4.78 is 23.4. The van der Waals surface area contributed by atoms with E-state index in [4.69, 9.17) is 34.6 Å². The Morgan fingerprint density at radius 3 is 2.57 bits per heavy atom. The molecule has 0 saturated heterocycles. The summed E-state index contributed by atoms with van der Waals surface area (Å²) in [5.74, 6) is 1.16. The van der Waals surface area contributed by atoms with Crippen LogP contribution in [0.2, 0.25) is 0 Å². The van der Waals surface area contributed by atoms with Crippen molar-refractivity contribution in [2.75, 3.05) is 33.5 Å². The molecule has 1 aliphatic rings. The van der Waals surface area contributed by atoms with Crippen molar-refractivity contribution >= 4 is 11.8 Å². The minimum atomic E-state index is -1.47. The SMILES string of the molecule is COc1cccc([C@@H]2OC(c3ccc(OCCCO)cc3)=N[C@]2(Cc2ccccc2CN=[N+]=[N-])C(=O)NNCCCOC(C)C)c1. The summed E-state index contributed by atoms with van der Waals surface area (Å²) in [5, 5.41) is 12.9. The van der Waals surface area contributed by atoms with E-state index in [9.17, 15) is 4.79 Å². The van der Waals surface area contributed by atoms with Gasteiger partial charge in [-0.3, -0.25) is 10.2 Å². The van der Waals surface area contributed by atoms with Crippen molar-refractivity contribution < 1.29 is 28.8 Å². The van der Waals surface area contributed by atoms with Gasteiger partial charge >= 0.3 is 0 Å². The number of nitrogens with one attached hydrogen (secondary N) is 2. The van der Waals surface area contributed by atoms with E-state index >= 15 is 0 Å². The molecule has 1 aliphatic heterocycles. The highest BCUT2D eigenvalue weighted by Crippen LogP contribution is 2.43. The highest BCUT2D eigenvalue weighted by atomic mass is 16.5. The Morgan fingerprint density at radius 1 is 1.07 bits per heavy atom. The fourth-order valence-corrected chi connectivity index (χ4v) is 5.10. The minimum absolute atomic E-state index is 0.0467. The number of hydrazine groups is 1. The zero-order chi connectivity index (χ0) is 32.8. The molecule has 46 heavy (non-hydrogen) atoms. The fraction of sp³-hybridized carbons (Fsp3) is 0.412. The summed E-state index contributed by atoms with van der Waals surface area (Å²) in [5.41, 5.74) is 16.4. The van der Waals surface area contributed by atoms with Gasteiger partial charge in [0.15, 0.2) is 11.6 Å². The number of rotatable bonds is 18. The van der Waals surface area contributed by atoms with Crippen LogP contribution < -0.4 is 20.3 Å². The average Bonchev–Trinajstić information content (AvgIpc) is 3.46. The van der Waals surface area contributed by atoms with Crippen molar-refractivity contribution in [1.29, 1.82) is 0 Å². The quantitative estimate of drug-likeness (QED) is 0.0573. The van der Waals surface area contributed by atoms with Gasteiger partial charge in [0.1, 0.15) is 11.5 Å². The van der Waals surface area contributed by atoms with Gasteiger partial charge in [0.2, 0.25) is 5.90 Å². The number of nitrogens with zero attached hydrogens (tertiary/aromatic N) is 4. The maximum atomic E-state index is 14.4. The second kappa shape index (κ2) is 17.2. The third-order valence-electron chi connectivity index (χ3n) is 7.41. The highest BCUT2D eigenvalue weighted by molar-refractivity contribution is 6.01. The smallest absolute Gasteiger partial charge is 0.266 e. The molecule has 4 rings (SSSR count). The van der Waals surface area contributed by atoms with Crippen LogP contribution >= 0.6 is 0 Å². The molecule has 0 unspecified atom stereocenters. The largest absolute Gasteiger partial charge is 0.497 e. The van der Waals surface area contributed by atoms with Gasteiger partial charge in [-0.1, -0.05) is 41.5 Å². The molecule has 12 heteroatoms. The third-order valence-corrected chi connectivity index (χ3v) is 7.41. The van der Waals surface area contributed by atoms with Gasteiger partial charge < -0.3 is 24.1 Å². The third kappa shape index (κ3) is 8.98. The van der Waals surface area contributed by atoms with Crippen LogP contribution in [0.25, 0.3) is 10.4 Å². The Labute approximate surface area is 269 Å². The number of aliphatic imine (C=N–C) groups is 1. The topological polar surface area (TPSA) is 159 Å². The number of aliphatic hydroxyl groups is 1. The molecule has 12 nitrogen and oxygen atoms in total. The number of methoxy groups -OCH3 is 1. The number of aliphatic hydroxyl groups excluding tert-OH is 1. The van der Waals surface area contributed by atoms with E-state index in [1.807, 2.05) is 74.5 Å². The molecule has 0 aromatic heterocycles. The van der Waals surface area contributed by atoms with Crippen LogP contribution in [0.1, 0.15) is 55.0 Å². The second-order valence-electron chi connectivity index (χ2n) is 11.1. The Balaban J connectivity index is 1.75. The lowest BCUT2D eigenvalue weighted by molar-refractivity contribution is -0.130. The van der Waals surface area contributed by atoms with Crippen molar-refractivity contribution in [3.05, 3.63) is 105 Å². The van der Waals surface area contributed by atoms with Gasteiger partial charge in [0.05, 0.1) is 26.4 Å². The summed E-state index contributed by atoms with van der Waals surface area (Å²) in [4.78, 5) is 22.4. The normalized spacial score (nSPS) is 17.2. The minimum Gasteiger partial charge on any atom is -0.497 e. The summed E-state index contributed by atoms with van der Waals surface area (Å²) >= 11 is 0. The number of azide groups is 1. The van der Waals surface area contributed by atoms with Gasteiger partial charge in [-0.15, -0.1) is 0 Å². The van der Waals surface area contributed by atoms with Gasteiger partial charge in [0.25, 0.3) is 5.91 Å². The van der Waals surface area contributed by atoms with Crippen molar-refractivity contribution in [2.45, 2.75) is 57.4 Å². The first kappa shape index (κ1) is 34.3. The number of hydrogen-bond acceptors (Lipinski definition) is 9. The van der Waals surface area contributed by atoms with Crippen LogP contribution in [0, 0.1) is 0 Å². The molecular weight excluding hydrogens is 588 g/mol. The number of ether oxygens (including phenoxy) is 4. The highest BCUT2D eigenvalue weighted by Gasteiger charge is 2.53. The summed E-state index contributed by atoms with van der Waals surface area (Å²) in [7, 11) is 1.58. The number of amides is 1. The maximum absolute atomic E-state index is 14.4. The average molecular weight is 631 g/mol. The molecular formula is C34H42N6O6. The van der Waals surface area contributed by atoms with Crippen molar-refractivity contribution in [3.63, 3.8) is 0 Å². The van der Waals surface area contributed by atoms with Gasteiger partial charge in [-0.25, -0.2) is 10.4 Å². The molecule has 0 aliphatic carbocycles. The lowest BCUT2D eigenvalue weighted by Gasteiger charge is -2.31. The molecule has 3 aromatic rings. The van der Waals surface area contributed by atoms with Crippen LogP contribution in [0.5, 0.6) is 11.5 Å². The van der Waals surface area contributed by atoms with Crippen molar-refractivity contribution in [3.8, 4) is 11.5 Å².